The Morgan fingerprint density at radius 2 is 1.92 bits per heavy atom. The number of carbonyl (C=O) groups excluding carboxylic acids is 1. The van der Waals surface area contributed by atoms with Crippen LogP contribution in [0.4, 0.5) is 0 Å². The third-order valence-corrected chi connectivity index (χ3v) is 4.37. The molecule has 6 nitrogen and oxygen atoms in total. The lowest BCUT2D eigenvalue weighted by Crippen LogP contribution is -2.49. The number of aliphatic hydroxyl groups is 1. The molecule has 1 aromatic carbocycles. The maximum Gasteiger partial charge on any atom is 0.228 e. The largest absolute Gasteiger partial charge is 0.444 e. The van der Waals surface area contributed by atoms with Crippen LogP contribution in [0, 0.1) is 0 Å². The predicted molar refractivity (Wildman–Crippen MR) is 90.8 cm³/mol. The number of rotatable bonds is 5. The molecule has 1 N–H and O–H groups in total. The van der Waals surface area contributed by atoms with Gasteiger partial charge in [0, 0.05) is 43.3 Å². The zero-order valence-corrected chi connectivity index (χ0v) is 14.1. The number of benzene rings is 1. The number of oxazole rings is 1. The summed E-state index contributed by atoms with van der Waals surface area (Å²) < 4.78 is 5.47. The van der Waals surface area contributed by atoms with Crippen LogP contribution in [0.5, 0.6) is 0 Å². The first kappa shape index (κ1) is 17.0. The highest BCUT2D eigenvalue weighted by molar-refractivity contribution is 6.30. The first-order chi connectivity index (χ1) is 11.7. The average molecular weight is 350 g/mol. The van der Waals surface area contributed by atoms with Crippen LogP contribution in [0.2, 0.25) is 5.02 Å². The zero-order chi connectivity index (χ0) is 16.9. The van der Waals surface area contributed by atoms with Crippen molar-refractivity contribution >= 4 is 17.5 Å². The minimum atomic E-state index is 0.0506. The van der Waals surface area contributed by atoms with E-state index in [1.165, 1.54) is 6.26 Å². The quantitative estimate of drug-likeness (QED) is 0.889. The number of piperazine rings is 1. The van der Waals surface area contributed by atoms with Crippen LogP contribution in [0.25, 0.3) is 11.5 Å². The topological polar surface area (TPSA) is 69.8 Å². The summed E-state index contributed by atoms with van der Waals surface area (Å²) in [6.07, 6.45) is 1.76. The molecule has 3 rings (SSSR count). The van der Waals surface area contributed by atoms with Crippen molar-refractivity contribution in [3.8, 4) is 11.5 Å². The lowest BCUT2D eigenvalue weighted by atomic mass is 10.2. The monoisotopic (exact) mass is 349 g/mol. The van der Waals surface area contributed by atoms with Gasteiger partial charge in [0.25, 0.3) is 0 Å². The van der Waals surface area contributed by atoms with Gasteiger partial charge in [-0.25, -0.2) is 4.98 Å². The molecule has 2 aromatic rings. The Morgan fingerprint density at radius 3 is 2.58 bits per heavy atom. The van der Waals surface area contributed by atoms with Crippen molar-refractivity contribution in [2.24, 2.45) is 0 Å². The molecule has 1 saturated heterocycles. The average Bonchev–Trinajstić information content (AvgIpc) is 3.05. The van der Waals surface area contributed by atoms with E-state index in [0.29, 0.717) is 36.2 Å². The van der Waals surface area contributed by atoms with Gasteiger partial charge in [-0.1, -0.05) is 11.6 Å². The van der Waals surface area contributed by atoms with E-state index in [2.05, 4.69) is 9.88 Å². The third-order valence-electron chi connectivity index (χ3n) is 4.12. The molecule has 24 heavy (non-hydrogen) atoms. The minimum Gasteiger partial charge on any atom is -0.444 e. The summed E-state index contributed by atoms with van der Waals surface area (Å²) in [7, 11) is 0. The second kappa shape index (κ2) is 7.79. The smallest absolute Gasteiger partial charge is 0.228 e. The van der Waals surface area contributed by atoms with Gasteiger partial charge in [-0.3, -0.25) is 9.69 Å². The fourth-order valence-corrected chi connectivity index (χ4v) is 2.87. The molecule has 1 aliphatic heterocycles. The Balaban J connectivity index is 1.57. The van der Waals surface area contributed by atoms with Crippen LogP contribution < -0.4 is 0 Å². The Labute approximate surface area is 145 Å². The number of carbonyl (C=O) groups is 1. The summed E-state index contributed by atoms with van der Waals surface area (Å²) in [4.78, 5) is 20.8. The number of amides is 1. The molecule has 1 aliphatic rings. The van der Waals surface area contributed by atoms with Gasteiger partial charge in [-0.05, 0) is 24.3 Å². The maximum atomic E-state index is 12.4. The van der Waals surface area contributed by atoms with Crippen molar-refractivity contribution in [2.75, 3.05) is 39.3 Å². The zero-order valence-electron chi connectivity index (χ0n) is 13.3. The summed E-state index contributed by atoms with van der Waals surface area (Å²) in [6, 6.07) is 7.22. The number of hydrogen-bond donors (Lipinski definition) is 1. The third kappa shape index (κ3) is 4.14. The van der Waals surface area contributed by atoms with Gasteiger partial charge in [-0.2, -0.15) is 0 Å². The van der Waals surface area contributed by atoms with E-state index in [1.54, 1.807) is 12.1 Å². The molecule has 1 fully saturated rings. The number of hydrogen-bond acceptors (Lipinski definition) is 5. The number of β-amino-alcohol motifs (C(OH)–C–C–N with tert-alkyl or cyclic N) is 1. The number of aromatic nitrogens is 1. The highest BCUT2D eigenvalue weighted by Gasteiger charge is 2.21. The van der Waals surface area contributed by atoms with Gasteiger partial charge < -0.3 is 14.4 Å². The van der Waals surface area contributed by atoms with Crippen LogP contribution in [-0.2, 0) is 11.2 Å². The van der Waals surface area contributed by atoms with Crippen molar-refractivity contribution in [3.05, 3.63) is 41.2 Å². The molecule has 128 valence electrons. The van der Waals surface area contributed by atoms with Crippen LogP contribution in [0.15, 0.2) is 34.9 Å². The Kier molecular flexibility index (Phi) is 5.50. The van der Waals surface area contributed by atoms with Gasteiger partial charge in [0.05, 0.1) is 18.7 Å². The number of nitrogens with zero attached hydrogens (tertiary/aromatic N) is 3. The summed E-state index contributed by atoms with van der Waals surface area (Å²) in [6.45, 7) is 3.76. The molecule has 0 atom stereocenters. The molecule has 2 heterocycles. The van der Waals surface area contributed by atoms with E-state index in [1.807, 2.05) is 17.0 Å². The standard InChI is InChI=1S/C17H20ClN3O3/c18-14-3-1-13(2-4-14)17-19-15(12-24-17)11-16(23)21-7-5-20(6-8-21)9-10-22/h1-4,12,22H,5-11H2. The van der Waals surface area contributed by atoms with Crippen LogP contribution in [0.3, 0.4) is 0 Å². The fraction of sp³-hybridized carbons (Fsp3) is 0.412. The molecule has 0 radical (unpaired) electrons. The van der Waals surface area contributed by atoms with Gasteiger partial charge >= 0.3 is 0 Å². The lowest BCUT2D eigenvalue weighted by Gasteiger charge is -2.34. The summed E-state index contributed by atoms with van der Waals surface area (Å²) in [5, 5.41) is 9.61. The molecular weight excluding hydrogens is 330 g/mol. The maximum absolute atomic E-state index is 12.4. The molecule has 7 heteroatoms. The fourth-order valence-electron chi connectivity index (χ4n) is 2.74. The predicted octanol–water partition coefficient (Wildman–Crippen LogP) is 1.67. The molecule has 0 aliphatic carbocycles. The normalized spacial score (nSPS) is 15.7. The highest BCUT2D eigenvalue weighted by Crippen LogP contribution is 2.21. The lowest BCUT2D eigenvalue weighted by molar-refractivity contribution is -0.132. The van der Waals surface area contributed by atoms with Gasteiger partial charge in [0.1, 0.15) is 6.26 Å². The highest BCUT2D eigenvalue weighted by atomic mass is 35.5. The molecule has 0 unspecified atom stereocenters. The minimum absolute atomic E-state index is 0.0506. The second-order valence-electron chi connectivity index (χ2n) is 5.77. The number of aliphatic hydroxyl groups excluding tert-OH is 1. The molecule has 0 bridgehead atoms. The summed E-state index contributed by atoms with van der Waals surface area (Å²) >= 11 is 5.87. The molecule has 1 aromatic heterocycles. The van der Waals surface area contributed by atoms with E-state index in [-0.39, 0.29) is 18.9 Å². The number of halogens is 1. The van der Waals surface area contributed by atoms with Crippen molar-refractivity contribution in [1.82, 2.24) is 14.8 Å². The van der Waals surface area contributed by atoms with Gasteiger partial charge in [-0.15, -0.1) is 0 Å². The van der Waals surface area contributed by atoms with Crippen molar-refractivity contribution < 1.29 is 14.3 Å². The van der Waals surface area contributed by atoms with Crippen molar-refractivity contribution in [2.45, 2.75) is 6.42 Å². The van der Waals surface area contributed by atoms with E-state index in [4.69, 9.17) is 21.1 Å². The van der Waals surface area contributed by atoms with Crippen LogP contribution in [-0.4, -0.2) is 65.1 Å². The summed E-state index contributed by atoms with van der Waals surface area (Å²) in [5.74, 6) is 0.539. The van der Waals surface area contributed by atoms with Gasteiger partial charge in [0.15, 0.2) is 0 Å². The van der Waals surface area contributed by atoms with Crippen LogP contribution >= 0.6 is 11.6 Å². The van der Waals surface area contributed by atoms with E-state index < -0.39 is 0 Å². The van der Waals surface area contributed by atoms with E-state index >= 15 is 0 Å². The Bertz CT molecular complexity index is 679. The Morgan fingerprint density at radius 1 is 1.21 bits per heavy atom. The molecule has 0 spiro atoms. The molecule has 1 amide bonds. The SMILES string of the molecule is O=C(Cc1coc(-c2ccc(Cl)cc2)n1)N1CCN(CCO)CC1. The van der Waals surface area contributed by atoms with Crippen molar-refractivity contribution in [1.29, 1.82) is 0 Å². The second-order valence-corrected chi connectivity index (χ2v) is 6.21. The van der Waals surface area contributed by atoms with E-state index in [9.17, 15) is 4.79 Å². The molecular formula is C17H20ClN3O3. The van der Waals surface area contributed by atoms with Gasteiger partial charge in [0.2, 0.25) is 11.8 Å². The van der Waals surface area contributed by atoms with Crippen LogP contribution in [0.1, 0.15) is 5.69 Å². The van der Waals surface area contributed by atoms with Crippen molar-refractivity contribution in [3.63, 3.8) is 0 Å². The first-order valence-electron chi connectivity index (χ1n) is 7.97. The molecule has 0 saturated carbocycles. The first-order valence-corrected chi connectivity index (χ1v) is 8.35. The summed E-state index contributed by atoms with van der Waals surface area (Å²) in [5.41, 5.74) is 1.46. The Hall–Kier alpha value is -1.89. The van der Waals surface area contributed by atoms with E-state index in [0.717, 1.165) is 18.7 Å².